The largest absolute Gasteiger partial charge is 0.327 e. The standard InChI is InChI=1S/C13H22N2OS/c16-12-13(6-2-3-7-13)14-10-15(12)9-11-5-1-4-8-17-11/h11,14H,1-10H2. The van der Waals surface area contributed by atoms with Gasteiger partial charge in [0.1, 0.15) is 0 Å². The average molecular weight is 254 g/mol. The molecule has 1 N–H and O–H groups in total. The van der Waals surface area contributed by atoms with Crippen LogP contribution < -0.4 is 5.32 Å². The van der Waals surface area contributed by atoms with Crippen LogP contribution in [0.2, 0.25) is 0 Å². The van der Waals surface area contributed by atoms with E-state index in [-0.39, 0.29) is 5.54 Å². The summed E-state index contributed by atoms with van der Waals surface area (Å²) in [5.41, 5.74) is -0.153. The molecular formula is C13H22N2OS. The lowest BCUT2D eigenvalue weighted by molar-refractivity contribution is -0.132. The Morgan fingerprint density at radius 2 is 2.12 bits per heavy atom. The van der Waals surface area contributed by atoms with Crippen LogP contribution in [0.3, 0.4) is 0 Å². The lowest BCUT2D eigenvalue weighted by Gasteiger charge is -2.27. The average Bonchev–Trinajstić information content (AvgIpc) is 2.95. The van der Waals surface area contributed by atoms with Crippen LogP contribution in [0, 0.1) is 0 Å². The molecular weight excluding hydrogens is 232 g/mol. The molecule has 2 aliphatic heterocycles. The molecule has 1 saturated carbocycles. The van der Waals surface area contributed by atoms with Gasteiger partial charge in [0, 0.05) is 11.8 Å². The highest BCUT2D eigenvalue weighted by atomic mass is 32.2. The van der Waals surface area contributed by atoms with Crippen LogP contribution in [0.15, 0.2) is 0 Å². The van der Waals surface area contributed by atoms with Crippen molar-refractivity contribution >= 4 is 17.7 Å². The molecule has 17 heavy (non-hydrogen) atoms. The van der Waals surface area contributed by atoms with Crippen molar-refractivity contribution in [3.63, 3.8) is 0 Å². The summed E-state index contributed by atoms with van der Waals surface area (Å²) in [5, 5.41) is 4.17. The first kappa shape index (κ1) is 11.8. The smallest absolute Gasteiger partial charge is 0.243 e. The zero-order valence-electron chi connectivity index (χ0n) is 10.4. The van der Waals surface area contributed by atoms with Gasteiger partial charge >= 0.3 is 0 Å². The molecule has 4 heteroatoms. The van der Waals surface area contributed by atoms with Gasteiger partial charge in [0.25, 0.3) is 0 Å². The van der Waals surface area contributed by atoms with Gasteiger partial charge in [-0.2, -0.15) is 11.8 Å². The minimum Gasteiger partial charge on any atom is -0.327 e. The van der Waals surface area contributed by atoms with E-state index in [4.69, 9.17) is 0 Å². The second-order valence-electron chi connectivity index (χ2n) is 5.64. The maximum Gasteiger partial charge on any atom is 0.243 e. The fourth-order valence-corrected chi connectivity index (χ4v) is 4.73. The van der Waals surface area contributed by atoms with Crippen molar-refractivity contribution in [1.82, 2.24) is 10.2 Å². The van der Waals surface area contributed by atoms with Gasteiger partial charge in [-0.15, -0.1) is 0 Å². The molecule has 0 aromatic heterocycles. The molecule has 1 aliphatic carbocycles. The molecule has 3 nitrogen and oxygen atoms in total. The van der Waals surface area contributed by atoms with E-state index in [2.05, 4.69) is 22.0 Å². The molecule has 1 atom stereocenters. The zero-order valence-corrected chi connectivity index (χ0v) is 11.2. The van der Waals surface area contributed by atoms with Crippen molar-refractivity contribution < 1.29 is 4.79 Å². The van der Waals surface area contributed by atoms with Crippen molar-refractivity contribution in [2.45, 2.75) is 55.7 Å². The Kier molecular flexibility index (Phi) is 3.35. The molecule has 0 aromatic rings. The number of hydrogen-bond acceptors (Lipinski definition) is 3. The van der Waals surface area contributed by atoms with Gasteiger partial charge < -0.3 is 4.90 Å². The number of amides is 1. The van der Waals surface area contributed by atoms with Crippen molar-refractivity contribution in [3.8, 4) is 0 Å². The topological polar surface area (TPSA) is 32.3 Å². The highest BCUT2D eigenvalue weighted by Gasteiger charge is 2.48. The Morgan fingerprint density at radius 3 is 2.82 bits per heavy atom. The monoisotopic (exact) mass is 254 g/mol. The van der Waals surface area contributed by atoms with Crippen molar-refractivity contribution in [3.05, 3.63) is 0 Å². The van der Waals surface area contributed by atoms with Crippen LogP contribution >= 0.6 is 11.8 Å². The SMILES string of the molecule is O=C1N(CC2CCCCS2)CNC12CCCC2. The second kappa shape index (κ2) is 4.81. The van der Waals surface area contributed by atoms with E-state index in [0.29, 0.717) is 11.2 Å². The van der Waals surface area contributed by atoms with Gasteiger partial charge in [-0.1, -0.05) is 19.3 Å². The van der Waals surface area contributed by atoms with Crippen LogP contribution in [-0.2, 0) is 4.79 Å². The fraction of sp³-hybridized carbons (Fsp3) is 0.923. The molecule has 0 bridgehead atoms. The van der Waals surface area contributed by atoms with E-state index in [1.165, 1.54) is 37.9 Å². The van der Waals surface area contributed by atoms with E-state index in [0.717, 1.165) is 26.1 Å². The molecule has 3 aliphatic rings. The van der Waals surface area contributed by atoms with Crippen LogP contribution in [0.4, 0.5) is 0 Å². The zero-order chi connectivity index (χ0) is 11.7. The lowest BCUT2D eigenvalue weighted by Crippen LogP contribution is -2.44. The van der Waals surface area contributed by atoms with Crippen molar-refractivity contribution in [2.75, 3.05) is 19.0 Å². The second-order valence-corrected chi connectivity index (χ2v) is 7.05. The van der Waals surface area contributed by atoms with Gasteiger partial charge in [0.2, 0.25) is 5.91 Å². The summed E-state index contributed by atoms with van der Waals surface area (Å²) in [4.78, 5) is 14.5. The van der Waals surface area contributed by atoms with Crippen molar-refractivity contribution in [1.29, 1.82) is 0 Å². The van der Waals surface area contributed by atoms with Gasteiger partial charge in [0.05, 0.1) is 12.2 Å². The Hall–Kier alpha value is -0.220. The minimum atomic E-state index is -0.153. The number of thioether (sulfide) groups is 1. The Balaban J connectivity index is 1.59. The predicted molar refractivity (Wildman–Crippen MR) is 71.0 cm³/mol. The summed E-state index contributed by atoms with van der Waals surface area (Å²) in [6.45, 7) is 1.76. The summed E-state index contributed by atoms with van der Waals surface area (Å²) in [6.07, 6.45) is 8.53. The van der Waals surface area contributed by atoms with Gasteiger partial charge in [-0.05, 0) is 31.4 Å². The van der Waals surface area contributed by atoms with Gasteiger partial charge in [-0.3, -0.25) is 10.1 Å². The molecule has 2 heterocycles. The molecule has 1 spiro atoms. The Morgan fingerprint density at radius 1 is 1.29 bits per heavy atom. The summed E-state index contributed by atoms with van der Waals surface area (Å²) in [6, 6.07) is 0. The maximum absolute atomic E-state index is 12.5. The molecule has 96 valence electrons. The normalized spacial score (nSPS) is 32.6. The minimum absolute atomic E-state index is 0.153. The molecule has 0 radical (unpaired) electrons. The fourth-order valence-electron chi connectivity index (χ4n) is 3.41. The third kappa shape index (κ3) is 2.22. The summed E-state index contributed by atoms with van der Waals surface area (Å²) >= 11 is 2.06. The third-order valence-corrected chi connectivity index (χ3v) is 5.84. The van der Waals surface area contributed by atoms with Gasteiger partial charge in [0.15, 0.2) is 0 Å². The lowest BCUT2D eigenvalue weighted by atomic mass is 9.98. The van der Waals surface area contributed by atoms with E-state index < -0.39 is 0 Å². The van der Waals surface area contributed by atoms with Crippen LogP contribution in [0.5, 0.6) is 0 Å². The third-order valence-electron chi connectivity index (χ3n) is 4.46. The van der Waals surface area contributed by atoms with Crippen LogP contribution in [0.1, 0.15) is 44.9 Å². The summed E-state index contributed by atoms with van der Waals surface area (Å²) < 4.78 is 0. The number of nitrogens with one attached hydrogen (secondary N) is 1. The summed E-state index contributed by atoms with van der Waals surface area (Å²) in [5.74, 6) is 1.67. The van der Waals surface area contributed by atoms with E-state index in [9.17, 15) is 4.79 Å². The first-order valence-corrected chi connectivity index (χ1v) is 8.01. The van der Waals surface area contributed by atoms with E-state index in [1.807, 2.05) is 0 Å². The molecule has 3 rings (SSSR count). The maximum atomic E-state index is 12.5. The Bertz CT molecular complexity index is 296. The first-order chi connectivity index (χ1) is 8.30. The highest BCUT2D eigenvalue weighted by Crippen LogP contribution is 2.35. The highest BCUT2D eigenvalue weighted by molar-refractivity contribution is 7.99. The van der Waals surface area contributed by atoms with Crippen molar-refractivity contribution in [2.24, 2.45) is 0 Å². The predicted octanol–water partition coefficient (Wildman–Crippen LogP) is 1.97. The molecule has 1 unspecified atom stereocenters. The Labute approximate surface area is 108 Å². The first-order valence-electron chi connectivity index (χ1n) is 6.96. The number of carbonyl (C=O) groups is 1. The quantitative estimate of drug-likeness (QED) is 0.818. The number of hydrogen-bond donors (Lipinski definition) is 1. The number of rotatable bonds is 2. The van der Waals surface area contributed by atoms with Crippen LogP contribution in [-0.4, -0.2) is 40.6 Å². The summed E-state index contributed by atoms with van der Waals surface area (Å²) in [7, 11) is 0. The molecule has 1 amide bonds. The van der Waals surface area contributed by atoms with E-state index in [1.54, 1.807) is 0 Å². The van der Waals surface area contributed by atoms with Crippen LogP contribution in [0.25, 0.3) is 0 Å². The van der Waals surface area contributed by atoms with E-state index >= 15 is 0 Å². The molecule has 2 saturated heterocycles. The van der Waals surface area contributed by atoms with Gasteiger partial charge in [-0.25, -0.2) is 0 Å². The molecule has 3 fully saturated rings. The number of carbonyl (C=O) groups excluding carboxylic acids is 1. The molecule has 0 aromatic carbocycles. The number of nitrogens with zero attached hydrogens (tertiary/aromatic N) is 1.